The van der Waals surface area contributed by atoms with Gasteiger partial charge in [-0.05, 0) is 36.5 Å². The lowest BCUT2D eigenvalue weighted by Gasteiger charge is -2.21. The summed E-state index contributed by atoms with van der Waals surface area (Å²) in [5.41, 5.74) is 0.997. The normalized spacial score (nSPS) is 16.7. The molecule has 1 saturated carbocycles. The SMILES string of the molecule is COc1ccc(C(NC(=O)C(C)C2CC2)c2nccn2C)cc1. The number of nitrogens with one attached hydrogen (secondary N) is 1. The second-order valence-electron chi connectivity index (χ2n) is 6.24. The van der Waals surface area contributed by atoms with Gasteiger partial charge in [0.2, 0.25) is 5.91 Å². The number of methoxy groups -OCH3 is 1. The molecule has 5 heteroatoms. The van der Waals surface area contributed by atoms with Crippen LogP contribution in [-0.4, -0.2) is 22.6 Å². The molecule has 1 aliphatic rings. The highest BCUT2D eigenvalue weighted by Gasteiger charge is 2.34. The number of aryl methyl sites for hydroxylation is 1. The standard InChI is InChI=1S/C18H23N3O2/c1-12(13-4-5-13)18(22)20-16(17-19-10-11-21(17)2)14-6-8-15(23-3)9-7-14/h6-13,16H,4-5H2,1-3H3,(H,20,22). The van der Waals surface area contributed by atoms with Gasteiger partial charge in [-0.25, -0.2) is 4.98 Å². The smallest absolute Gasteiger partial charge is 0.223 e. The van der Waals surface area contributed by atoms with Gasteiger partial charge < -0.3 is 14.6 Å². The summed E-state index contributed by atoms with van der Waals surface area (Å²) in [6.45, 7) is 2.01. The fraction of sp³-hybridized carbons (Fsp3) is 0.444. The highest BCUT2D eigenvalue weighted by molar-refractivity contribution is 5.79. The minimum Gasteiger partial charge on any atom is -0.497 e. The highest BCUT2D eigenvalue weighted by Crippen LogP contribution is 2.37. The van der Waals surface area contributed by atoms with E-state index in [1.54, 1.807) is 13.3 Å². The molecule has 2 atom stereocenters. The van der Waals surface area contributed by atoms with E-state index < -0.39 is 0 Å². The summed E-state index contributed by atoms with van der Waals surface area (Å²) in [7, 11) is 3.58. The number of nitrogens with zero attached hydrogens (tertiary/aromatic N) is 2. The molecule has 0 bridgehead atoms. The summed E-state index contributed by atoms with van der Waals surface area (Å²) in [5, 5.41) is 3.17. The van der Waals surface area contributed by atoms with Crippen LogP contribution in [0.3, 0.4) is 0 Å². The number of hydrogen-bond acceptors (Lipinski definition) is 3. The minimum absolute atomic E-state index is 0.0519. The number of benzene rings is 1. The Kier molecular flexibility index (Phi) is 4.37. The number of imidazole rings is 1. The fourth-order valence-corrected chi connectivity index (χ4v) is 2.83. The van der Waals surface area contributed by atoms with Crippen LogP contribution < -0.4 is 10.1 Å². The summed E-state index contributed by atoms with van der Waals surface area (Å²) < 4.78 is 7.16. The van der Waals surface area contributed by atoms with Crippen molar-refractivity contribution in [3.63, 3.8) is 0 Å². The second kappa shape index (κ2) is 6.44. The maximum Gasteiger partial charge on any atom is 0.223 e. The first-order chi connectivity index (χ1) is 11.1. The summed E-state index contributed by atoms with van der Waals surface area (Å²) in [6, 6.07) is 7.50. The van der Waals surface area contributed by atoms with Crippen molar-refractivity contribution in [1.29, 1.82) is 0 Å². The number of carbonyl (C=O) groups is 1. The van der Waals surface area contributed by atoms with Crippen LogP contribution in [0.15, 0.2) is 36.7 Å². The third-order valence-corrected chi connectivity index (χ3v) is 4.60. The van der Waals surface area contributed by atoms with E-state index in [1.807, 2.05) is 49.0 Å². The molecule has 122 valence electrons. The van der Waals surface area contributed by atoms with E-state index in [-0.39, 0.29) is 17.9 Å². The van der Waals surface area contributed by atoms with Gasteiger partial charge in [0, 0.05) is 25.4 Å². The number of amides is 1. The zero-order valence-electron chi connectivity index (χ0n) is 13.8. The Bertz CT molecular complexity index is 674. The predicted molar refractivity (Wildman–Crippen MR) is 88.1 cm³/mol. The molecule has 0 aliphatic heterocycles. The van der Waals surface area contributed by atoms with Gasteiger partial charge in [0.25, 0.3) is 0 Å². The monoisotopic (exact) mass is 313 g/mol. The third-order valence-electron chi connectivity index (χ3n) is 4.60. The summed E-state index contributed by atoms with van der Waals surface area (Å²) in [5.74, 6) is 2.30. The third kappa shape index (κ3) is 3.38. The molecule has 5 nitrogen and oxygen atoms in total. The zero-order valence-corrected chi connectivity index (χ0v) is 13.8. The lowest BCUT2D eigenvalue weighted by molar-refractivity contribution is -0.125. The maximum absolute atomic E-state index is 12.6. The van der Waals surface area contributed by atoms with Crippen LogP contribution in [-0.2, 0) is 11.8 Å². The Morgan fingerprint density at radius 1 is 1.35 bits per heavy atom. The number of hydrogen-bond donors (Lipinski definition) is 1. The van der Waals surface area contributed by atoms with Crippen LogP contribution in [0, 0.1) is 11.8 Å². The van der Waals surface area contributed by atoms with Gasteiger partial charge in [-0.1, -0.05) is 19.1 Å². The molecular weight excluding hydrogens is 290 g/mol. The summed E-state index contributed by atoms with van der Waals surface area (Å²) in [4.78, 5) is 17.0. The number of aromatic nitrogens is 2. The van der Waals surface area contributed by atoms with Crippen molar-refractivity contribution in [2.24, 2.45) is 18.9 Å². The van der Waals surface area contributed by atoms with E-state index in [0.717, 1.165) is 30.0 Å². The Labute approximate surface area is 136 Å². The highest BCUT2D eigenvalue weighted by atomic mass is 16.5. The Hall–Kier alpha value is -2.30. The molecule has 0 saturated heterocycles. The topological polar surface area (TPSA) is 56.1 Å². The first-order valence-electron chi connectivity index (χ1n) is 8.01. The molecule has 0 spiro atoms. The Morgan fingerprint density at radius 2 is 2.04 bits per heavy atom. The van der Waals surface area contributed by atoms with Gasteiger partial charge >= 0.3 is 0 Å². The average molecular weight is 313 g/mol. The van der Waals surface area contributed by atoms with Crippen LogP contribution in [0.2, 0.25) is 0 Å². The molecule has 1 aromatic carbocycles. The summed E-state index contributed by atoms with van der Waals surface area (Å²) >= 11 is 0. The molecule has 1 fully saturated rings. The molecule has 1 aliphatic carbocycles. The fourth-order valence-electron chi connectivity index (χ4n) is 2.83. The molecule has 0 radical (unpaired) electrons. The molecule has 1 amide bonds. The van der Waals surface area contributed by atoms with Crippen molar-refractivity contribution >= 4 is 5.91 Å². The quantitative estimate of drug-likeness (QED) is 0.892. The van der Waals surface area contributed by atoms with Crippen molar-refractivity contribution in [2.75, 3.05) is 7.11 Å². The number of carbonyl (C=O) groups excluding carboxylic acids is 1. The van der Waals surface area contributed by atoms with Crippen LogP contribution in [0.5, 0.6) is 5.75 Å². The largest absolute Gasteiger partial charge is 0.497 e. The molecule has 2 unspecified atom stereocenters. The maximum atomic E-state index is 12.6. The molecule has 3 rings (SSSR count). The average Bonchev–Trinajstić information content (AvgIpc) is 3.34. The van der Waals surface area contributed by atoms with E-state index >= 15 is 0 Å². The first kappa shape index (κ1) is 15.6. The van der Waals surface area contributed by atoms with Crippen LogP contribution in [0.4, 0.5) is 0 Å². The lowest BCUT2D eigenvalue weighted by Crippen LogP contribution is -2.35. The van der Waals surface area contributed by atoms with Gasteiger partial charge in [0.15, 0.2) is 0 Å². The molecule has 2 aromatic rings. The van der Waals surface area contributed by atoms with Crippen molar-refractivity contribution in [3.8, 4) is 5.75 Å². The predicted octanol–water partition coefficient (Wildman–Crippen LogP) is 2.68. The van der Waals surface area contributed by atoms with Gasteiger partial charge in [-0.2, -0.15) is 0 Å². The van der Waals surface area contributed by atoms with Crippen LogP contribution in [0.25, 0.3) is 0 Å². The van der Waals surface area contributed by atoms with Crippen molar-refractivity contribution < 1.29 is 9.53 Å². The van der Waals surface area contributed by atoms with Crippen molar-refractivity contribution in [2.45, 2.75) is 25.8 Å². The second-order valence-corrected chi connectivity index (χ2v) is 6.24. The zero-order chi connectivity index (χ0) is 16.4. The molecular formula is C18H23N3O2. The first-order valence-corrected chi connectivity index (χ1v) is 8.01. The summed E-state index contributed by atoms with van der Waals surface area (Å²) in [6.07, 6.45) is 5.96. The molecule has 23 heavy (non-hydrogen) atoms. The molecule has 1 aromatic heterocycles. The van der Waals surface area contributed by atoms with Crippen molar-refractivity contribution in [3.05, 3.63) is 48.0 Å². The Morgan fingerprint density at radius 3 is 2.57 bits per heavy atom. The van der Waals surface area contributed by atoms with E-state index in [2.05, 4.69) is 10.3 Å². The van der Waals surface area contributed by atoms with E-state index in [0.29, 0.717) is 5.92 Å². The molecule has 1 heterocycles. The van der Waals surface area contributed by atoms with Crippen LogP contribution in [0.1, 0.15) is 37.2 Å². The lowest BCUT2D eigenvalue weighted by atomic mass is 10.0. The van der Waals surface area contributed by atoms with Gasteiger partial charge in [0.1, 0.15) is 17.6 Å². The van der Waals surface area contributed by atoms with Gasteiger partial charge in [-0.3, -0.25) is 4.79 Å². The van der Waals surface area contributed by atoms with Crippen molar-refractivity contribution in [1.82, 2.24) is 14.9 Å². The van der Waals surface area contributed by atoms with E-state index in [4.69, 9.17) is 4.74 Å². The van der Waals surface area contributed by atoms with E-state index in [1.165, 1.54) is 0 Å². The van der Waals surface area contributed by atoms with Gasteiger partial charge in [-0.15, -0.1) is 0 Å². The Balaban J connectivity index is 1.86. The number of ether oxygens (including phenoxy) is 1. The minimum atomic E-state index is -0.255. The van der Waals surface area contributed by atoms with E-state index in [9.17, 15) is 4.79 Å². The number of rotatable bonds is 6. The van der Waals surface area contributed by atoms with Crippen LogP contribution >= 0.6 is 0 Å². The van der Waals surface area contributed by atoms with Gasteiger partial charge in [0.05, 0.1) is 7.11 Å². The molecule has 1 N–H and O–H groups in total.